The molecule has 0 saturated carbocycles. The predicted octanol–water partition coefficient (Wildman–Crippen LogP) is 2.56. The Bertz CT molecular complexity index is 395. The highest BCUT2D eigenvalue weighted by Crippen LogP contribution is 2.16. The molecule has 1 aromatic carbocycles. The molecule has 1 amide bonds. The van der Waals surface area contributed by atoms with Gasteiger partial charge in [0.25, 0.3) is 0 Å². The number of carbonyl (C=O) groups is 1. The summed E-state index contributed by atoms with van der Waals surface area (Å²) in [5.74, 6) is -0.234. The first-order valence-electron chi connectivity index (χ1n) is 5.54. The fraction of sp³-hybridized carbons (Fsp3) is 0.417. The van der Waals surface area contributed by atoms with Gasteiger partial charge < -0.3 is 14.5 Å². The van der Waals surface area contributed by atoms with E-state index in [2.05, 4.69) is 9.64 Å². The topological polar surface area (TPSA) is 32.8 Å². The molecule has 1 aromatic rings. The minimum Gasteiger partial charge on any atom is -0.453 e. The number of carbonyl (C=O) groups excluding carboxylic acids is 1. The smallest absolute Gasteiger partial charge is 0.409 e. The molecule has 0 aliphatic carbocycles. The predicted molar refractivity (Wildman–Crippen MR) is 77.1 cm³/mol. The monoisotopic (exact) mass is 310 g/mol. The Kier molecular flexibility index (Phi) is 7.56. The number of ether oxygens (including phenoxy) is 1. The molecule has 0 aromatic heterocycles. The van der Waals surface area contributed by atoms with Gasteiger partial charge in [-0.2, -0.15) is 0 Å². The number of amides is 1. The van der Waals surface area contributed by atoms with Gasteiger partial charge in [-0.15, -0.1) is 24.8 Å². The van der Waals surface area contributed by atoms with Gasteiger partial charge in [-0.25, -0.2) is 9.18 Å². The molecule has 19 heavy (non-hydrogen) atoms. The van der Waals surface area contributed by atoms with Gasteiger partial charge in [0.2, 0.25) is 0 Å². The van der Waals surface area contributed by atoms with Crippen LogP contribution in [0.4, 0.5) is 14.9 Å². The largest absolute Gasteiger partial charge is 0.453 e. The van der Waals surface area contributed by atoms with Gasteiger partial charge in [0.1, 0.15) is 5.82 Å². The summed E-state index contributed by atoms with van der Waals surface area (Å²) in [4.78, 5) is 15.1. The van der Waals surface area contributed by atoms with E-state index < -0.39 is 0 Å². The quantitative estimate of drug-likeness (QED) is 0.799. The van der Waals surface area contributed by atoms with Crippen LogP contribution in [0.1, 0.15) is 0 Å². The van der Waals surface area contributed by atoms with Gasteiger partial charge in [-0.1, -0.05) is 0 Å². The number of nitrogens with zero attached hydrogens (tertiary/aromatic N) is 2. The molecule has 2 rings (SSSR count). The molecule has 0 unspecified atom stereocenters. The fourth-order valence-corrected chi connectivity index (χ4v) is 1.93. The molecule has 0 atom stereocenters. The molecule has 0 spiro atoms. The van der Waals surface area contributed by atoms with Crippen molar-refractivity contribution in [2.75, 3.05) is 38.2 Å². The average Bonchev–Trinajstić information content (AvgIpc) is 2.39. The number of benzene rings is 1. The van der Waals surface area contributed by atoms with Crippen LogP contribution in [-0.4, -0.2) is 44.3 Å². The fourth-order valence-electron chi connectivity index (χ4n) is 1.93. The summed E-state index contributed by atoms with van der Waals surface area (Å²) in [6, 6.07) is 6.40. The van der Waals surface area contributed by atoms with Gasteiger partial charge in [-0.3, -0.25) is 0 Å². The number of hydrogen-bond donors (Lipinski definition) is 0. The molecule has 0 N–H and O–H groups in total. The normalized spacial score (nSPS) is 14.2. The number of rotatable bonds is 1. The Hall–Kier alpha value is -1.20. The highest BCUT2D eigenvalue weighted by molar-refractivity contribution is 5.85. The second-order valence-electron chi connectivity index (χ2n) is 3.92. The lowest BCUT2D eigenvalue weighted by Crippen LogP contribution is -2.48. The molecular weight excluding hydrogens is 294 g/mol. The van der Waals surface area contributed by atoms with Crippen molar-refractivity contribution in [3.63, 3.8) is 0 Å². The second-order valence-corrected chi connectivity index (χ2v) is 3.92. The number of halogens is 3. The van der Waals surface area contributed by atoms with E-state index in [1.807, 2.05) is 0 Å². The lowest BCUT2D eigenvalue weighted by Gasteiger charge is -2.35. The molecule has 7 heteroatoms. The van der Waals surface area contributed by atoms with E-state index in [-0.39, 0.29) is 36.7 Å². The summed E-state index contributed by atoms with van der Waals surface area (Å²) in [7, 11) is 1.38. The number of anilines is 1. The van der Waals surface area contributed by atoms with Gasteiger partial charge in [0, 0.05) is 31.9 Å². The van der Waals surface area contributed by atoms with Gasteiger partial charge in [0.05, 0.1) is 7.11 Å². The van der Waals surface area contributed by atoms with E-state index in [0.717, 1.165) is 18.8 Å². The van der Waals surface area contributed by atoms with E-state index in [1.165, 1.54) is 19.2 Å². The minimum atomic E-state index is -0.288. The van der Waals surface area contributed by atoms with Gasteiger partial charge >= 0.3 is 6.09 Å². The molecule has 108 valence electrons. The molecule has 1 saturated heterocycles. The van der Waals surface area contributed by atoms with Crippen molar-refractivity contribution >= 4 is 36.6 Å². The van der Waals surface area contributed by atoms with E-state index in [0.29, 0.717) is 13.1 Å². The Morgan fingerprint density at radius 2 is 1.63 bits per heavy atom. The number of hydrogen-bond acceptors (Lipinski definition) is 3. The van der Waals surface area contributed by atoms with E-state index >= 15 is 0 Å². The Morgan fingerprint density at radius 3 is 2.11 bits per heavy atom. The van der Waals surface area contributed by atoms with Crippen LogP contribution in [0.15, 0.2) is 24.3 Å². The Morgan fingerprint density at radius 1 is 1.11 bits per heavy atom. The van der Waals surface area contributed by atoms with Crippen molar-refractivity contribution in [3.05, 3.63) is 30.1 Å². The summed E-state index contributed by atoms with van der Waals surface area (Å²) in [5, 5.41) is 0. The maximum Gasteiger partial charge on any atom is 0.409 e. The Balaban J connectivity index is 0.00000162. The SMILES string of the molecule is COC(=O)N1CCN(c2ccc(F)cc2)CC1.Cl.Cl. The van der Waals surface area contributed by atoms with Crippen LogP contribution in [-0.2, 0) is 4.74 Å². The number of methoxy groups -OCH3 is 1. The lowest BCUT2D eigenvalue weighted by atomic mass is 10.2. The van der Waals surface area contributed by atoms with Crippen molar-refractivity contribution in [3.8, 4) is 0 Å². The van der Waals surface area contributed by atoms with Crippen LogP contribution < -0.4 is 4.90 Å². The second kappa shape index (κ2) is 8.07. The standard InChI is InChI=1S/C12H15FN2O2.2ClH/c1-17-12(16)15-8-6-14(7-9-15)11-4-2-10(13)3-5-11;;/h2-5H,6-9H2,1H3;2*1H. The van der Waals surface area contributed by atoms with Crippen molar-refractivity contribution in [2.24, 2.45) is 0 Å². The van der Waals surface area contributed by atoms with Crippen molar-refractivity contribution in [2.45, 2.75) is 0 Å². The first-order valence-corrected chi connectivity index (χ1v) is 5.54. The van der Waals surface area contributed by atoms with Gasteiger partial charge in [-0.05, 0) is 24.3 Å². The highest BCUT2D eigenvalue weighted by atomic mass is 35.5. The first kappa shape index (κ1) is 17.8. The van der Waals surface area contributed by atoms with Crippen molar-refractivity contribution < 1.29 is 13.9 Å². The summed E-state index contributed by atoms with van der Waals surface area (Å²) >= 11 is 0. The molecule has 1 aliphatic heterocycles. The third-order valence-electron chi connectivity index (χ3n) is 2.90. The molecular formula is C12H17Cl2FN2O2. The van der Waals surface area contributed by atoms with Crippen molar-refractivity contribution in [1.29, 1.82) is 0 Å². The average molecular weight is 311 g/mol. The molecule has 4 nitrogen and oxygen atoms in total. The number of piperazine rings is 1. The van der Waals surface area contributed by atoms with Crippen LogP contribution in [0, 0.1) is 5.82 Å². The third-order valence-corrected chi connectivity index (χ3v) is 2.90. The van der Waals surface area contributed by atoms with Crippen LogP contribution in [0.5, 0.6) is 0 Å². The maximum atomic E-state index is 12.8. The zero-order chi connectivity index (χ0) is 12.3. The van der Waals surface area contributed by atoms with Gasteiger partial charge in [0.15, 0.2) is 0 Å². The molecule has 1 heterocycles. The summed E-state index contributed by atoms with van der Waals surface area (Å²) < 4.78 is 17.4. The summed E-state index contributed by atoms with van der Waals surface area (Å²) in [5.41, 5.74) is 0.982. The Labute approximate surface area is 124 Å². The summed E-state index contributed by atoms with van der Waals surface area (Å²) in [6.45, 7) is 2.73. The highest BCUT2D eigenvalue weighted by Gasteiger charge is 2.21. The van der Waals surface area contributed by atoms with E-state index in [9.17, 15) is 9.18 Å². The maximum absolute atomic E-state index is 12.8. The molecule has 1 fully saturated rings. The van der Waals surface area contributed by atoms with Crippen molar-refractivity contribution in [1.82, 2.24) is 4.90 Å². The first-order chi connectivity index (χ1) is 8.20. The van der Waals surface area contributed by atoms with E-state index in [1.54, 1.807) is 17.0 Å². The van der Waals surface area contributed by atoms with E-state index in [4.69, 9.17) is 0 Å². The molecule has 0 radical (unpaired) electrons. The lowest BCUT2D eigenvalue weighted by molar-refractivity contribution is 0.121. The van der Waals surface area contributed by atoms with Crippen LogP contribution >= 0.6 is 24.8 Å². The minimum absolute atomic E-state index is 0. The zero-order valence-corrected chi connectivity index (χ0v) is 12.2. The van der Waals surface area contributed by atoms with Crippen LogP contribution in [0.3, 0.4) is 0 Å². The van der Waals surface area contributed by atoms with Crippen LogP contribution in [0.2, 0.25) is 0 Å². The van der Waals surface area contributed by atoms with Crippen LogP contribution in [0.25, 0.3) is 0 Å². The molecule has 0 bridgehead atoms. The summed E-state index contributed by atoms with van der Waals surface area (Å²) in [6.07, 6.45) is -0.288. The molecule has 1 aliphatic rings. The zero-order valence-electron chi connectivity index (χ0n) is 10.5. The third kappa shape index (κ3) is 4.44.